The fraction of sp³-hybridized carbons (Fsp3) is 0.0833. The standard InChI is InChI=1S/C12H9F2NO/c13-9-4-3-8(10(14)7-9)6-12(16)11-2-1-5-15-11/h1-5,7,15H,6H2. The number of carbonyl (C=O) groups is 1. The molecule has 0 aliphatic rings. The predicted molar refractivity (Wildman–Crippen MR) is 55.2 cm³/mol. The molecule has 1 heterocycles. The van der Waals surface area contributed by atoms with Crippen molar-refractivity contribution in [3.8, 4) is 0 Å². The molecule has 82 valence electrons. The van der Waals surface area contributed by atoms with Crippen LogP contribution in [0.2, 0.25) is 0 Å². The molecule has 0 aliphatic carbocycles. The van der Waals surface area contributed by atoms with Crippen molar-refractivity contribution in [2.75, 3.05) is 0 Å². The molecule has 4 heteroatoms. The van der Waals surface area contributed by atoms with Gasteiger partial charge in [0.05, 0.1) is 5.69 Å². The summed E-state index contributed by atoms with van der Waals surface area (Å²) in [6, 6.07) is 6.50. The third-order valence-electron chi connectivity index (χ3n) is 2.26. The second kappa shape index (κ2) is 4.26. The summed E-state index contributed by atoms with van der Waals surface area (Å²) in [7, 11) is 0. The summed E-state index contributed by atoms with van der Waals surface area (Å²) in [5, 5.41) is 0. The van der Waals surface area contributed by atoms with Gasteiger partial charge in [0, 0.05) is 18.7 Å². The van der Waals surface area contributed by atoms with E-state index < -0.39 is 11.6 Å². The van der Waals surface area contributed by atoms with E-state index in [1.807, 2.05) is 0 Å². The van der Waals surface area contributed by atoms with E-state index in [4.69, 9.17) is 0 Å². The van der Waals surface area contributed by atoms with Crippen LogP contribution in [0.5, 0.6) is 0 Å². The highest BCUT2D eigenvalue weighted by Gasteiger charge is 2.11. The molecule has 0 spiro atoms. The monoisotopic (exact) mass is 221 g/mol. The molecule has 2 aromatic rings. The highest BCUT2D eigenvalue weighted by atomic mass is 19.1. The van der Waals surface area contributed by atoms with E-state index in [0.717, 1.165) is 12.1 Å². The van der Waals surface area contributed by atoms with Crippen LogP contribution in [-0.4, -0.2) is 10.8 Å². The number of aromatic nitrogens is 1. The summed E-state index contributed by atoms with van der Waals surface area (Å²) < 4.78 is 25.9. The zero-order chi connectivity index (χ0) is 11.5. The maximum atomic E-state index is 13.3. The van der Waals surface area contributed by atoms with E-state index in [0.29, 0.717) is 5.69 Å². The first kappa shape index (κ1) is 10.5. The number of hydrogen-bond acceptors (Lipinski definition) is 1. The topological polar surface area (TPSA) is 32.9 Å². The van der Waals surface area contributed by atoms with E-state index in [2.05, 4.69) is 4.98 Å². The molecule has 0 fully saturated rings. The third kappa shape index (κ3) is 2.16. The molecule has 0 saturated carbocycles. The first-order valence-electron chi connectivity index (χ1n) is 4.77. The van der Waals surface area contributed by atoms with Crippen LogP contribution in [0.25, 0.3) is 0 Å². The first-order chi connectivity index (χ1) is 7.66. The van der Waals surface area contributed by atoms with Crippen molar-refractivity contribution < 1.29 is 13.6 Å². The fourth-order valence-corrected chi connectivity index (χ4v) is 1.44. The van der Waals surface area contributed by atoms with Gasteiger partial charge >= 0.3 is 0 Å². The highest BCUT2D eigenvalue weighted by molar-refractivity contribution is 5.95. The van der Waals surface area contributed by atoms with Gasteiger partial charge in [-0.25, -0.2) is 8.78 Å². The summed E-state index contributed by atoms with van der Waals surface area (Å²) >= 11 is 0. The quantitative estimate of drug-likeness (QED) is 0.794. The summed E-state index contributed by atoms with van der Waals surface area (Å²) in [6.45, 7) is 0. The van der Waals surface area contributed by atoms with Crippen LogP contribution in [0, 0.1) is 11.6 Å². The summed E-state index contributed by atoms with van der Waals surface area (Å²) in [6.07, 6.45) is 1.54. The van der Waals surface area contributed by atoms with Gasteiger partial charge < -0.3 is 4.98 Å². The van der Waals surface area contributed by atoms with Gasteiger partial charge in [-0.2, -0.15) is 0 Å². The first-order valence-corrected chi connectivity index (χ1v) is 4.77. The number of Topliss-reactive ketones (excluding diaryl/α,β-unsaturated/α-hetero) is 1. The van der Waals surface area contributed by atoms with Gasteiger partial charge in [0.25, 0.3) is 0 Å². The van der Waals surface area contributed by atoms with Crippen LogP contribution in [-0.2, 0) is 6.42 Å². The second-order valence-electron chi connectivity index (χ2n) is 3.42. The number of hydrogen-bond donors (Lipinski definition) is 1. The Kier molecular flexibility index (Phi) is 2.81. The van der Waals surface area contributed by atoms with Gasteiger partial charge in [-0.3, -0.25) is 4.79 Å². The summed E-state index contributed by atoms with van der Waals surface area (Å²) in [5.41, 5.74) is 0.615. The van der Waals surface area contributed by atoms with Crippen molar-refractivity contribution in [1.29, 1.82) is 0 Å². The van der Waals surface area contributed by atoms with Crippen LogP contribution >= 0.6 is 0 Å². The van der Waals surface area contributed by atoms with Crippen molar-refractivity contribution in [3.63, 3.8) is 0 Å². The minimum absolute atomic E-state index is 0.0768. The van der Waals surface area contributed by atoms with Crippen molar-refractivity contribution in [3.05, 3.63) is 59.4 Å². The summed E-state index contributed by atoms with van der Waals surface area (Å²) in [5.74, 6) is -1.57. The third-order valence-corrected chi connectivity index (χ3v) is 2.26. The Balaban J connectivity index is 2.18. The number of halogens is 2. The van der Waals surface area contributed by atoms with E-state index in [1.54, 1.807) is 18.3 Å². The number of aromatic amines is 1. The molecule has 1 aromatic heterocycles. The van der Waals surface area contributed by atoms with Crippen molar-refractivity contribution in [2.24, 2.45) is 0 Å². The molecule has 0 aliphatic heterocycles. The van der Waals surface area contributed by atoms with Crippen LogP contribution in [0.15, 0.2) is 36.5 Å². The number of benzene rings is 1. The maximum absolute atomic E-state index is 13.3. The summed E-state index contributed by atoms with van der Waals surface area (Å²) in [4.78, 5) is 14.4. The van der Waals surface area contributed by atoms with Crippen LogP contribution < -0.4 is 0 Å². The van der Waals surface area contributed by atoms with Gasteiger partial charge in [0.2, 0.25) is 0 Å². The van der Waals surface area contributed by atoms with Gasteiger partial charge in [-0.1, -0.05) is 6.07 Å². The molecule has 0 unspecified atom stereocenters. The molecule has 0 saturated heterocycles. The van der Waals surface area contributed by atoms with Gasteiger partial charge in [-0.05, 0) is 23.8 Å². The molecule has 1 N–H and O–H groups in total. The Bertz CT molecular complexity index is 506. The molecule has 0 bridgehead atoms. The van der Waals surface area contributed by atoms with E-state index in [1.165, 1.54) is 6.07 Å². The zero-order valence-corrected chi connectivity index (χ0v) is 8.34. The molecular formula is C12H9F2NO. The van der Waals surface area contributed by atoms with Crippen LogP contribution in [0.1, 0.15) is 16.1 Å². The molecule has 2 rings (SSSR count). The Labute approximate surface area is 90.9 Å². The average molecular weight is 221 g/mol. The lowest BCUT2D eigenvalue weighted by Gasteiger charge is -2.01. The lowest BCUT2D eigenvalue weighted by molar-refractivity contribution is 0.0987. The Morgan fingerprint density at radius 2 is 2.06 bits per heavy atom. The van der Waals surface area contributed by atoms with Crippen molar-refractivity contribution >= 4 is 5.78 Å². The van der Waals surface area contributed by atoms with Gasteiger partial charge in [0.1, 0.15) is 11.6 Å². The number of ketones is 1. The van der Waals surface area contributed by atoms with E-state index in [-0.39, 0.29) is 17.8 Å². The number of H-pyrrole nitrogens is 1. The molecule has 0 atom stereocenters. The SMILES string of the molecule is O=C(Cc1ccc(F)cc1F)c1ccc[nH]1. The Morgan fingerprint density at radius 3 is 2.69 bits per heavy atom. The van der Waals surface area contributed by atoms with Crippen LogP contribution in [0.4, 0.5) is 8.78 Å². The fourth-order valence-electron chi connectivity index (χ4n) is 1.44. The van der Waals surface area contributed by atoms with E-state index in [9.17, 15) is 13.6 Å². The second-order valence-corrected chi connectivity index (χ2v) is 3.42. The Hall–Kier alpha value is -1.97. The van der Waals surface area contributed by atoms with Crippen LogP contribution in [0.3, 0.4) is 0 Å². The zero-order valence-electron chi connectivity index (χ0n) is 8.34. The number of rotatable bonds is 3. The minimum atomic E-state index is -0.695. The molecule has 2 nitrogen and oxygen atoms in total. The highest BCUT2D eigenvalue weighted by Crippen LogP contribution is 2.12. The largest absolute Gasteiger partial charge is 0.359 e. The molecule has 16 heavy (non-hydrogen) atoms. The maximum Gasteiger partial charge on any atom is 0.183 e. The molecule has 0 amide bonds. The normalized spacial score (nSPS) is 10.4. The molecule has 0 radical (unpaired) electrons. The minimum Gasteiger partial charge on any atom is -0.359 e. The number of carbonyl (C=O) groups excluding carboxylic acids is 1. The van der Waals surface area contributed by atoms with Gasteiger partial charge in [0.15, 0.2) is 5.78 Å². The molecular weight excluding hydrogens is 212 g/mol. The lowest BCUT2D eigenvalue weighted by Crippen LogP contribution is -2.05. The lowest BCUT2D eigenvalue weighted by atomic mass is 10.1. The predicted octanol–water partition coefficient (Wildman–Crippen LogP) is 2.72. The number of nitrogens with one attached hydrogen (secondary N) is 1. The molecule has 1 aromatic carbocycles. The van der Waals surface area contributed by atoms with Gasteiger partial charge in [-0.15, -0.1) is 0 Å². The Morgan fingerprint density at radius 1 is 1.25 bits per heavy atom. The van der Waals surface area contributed by atoms with Crippen molar-refractivity contribution in [1.82, 2.24) is 4.98 Å². The smallest absolute Gasteiger partial charge is 0.183 e. The average Bonchev–Trinajstić information content (AvgIpc) is 2.75. The van der Waals surface area contributed by atoms with E-state index >= 15 is 0 Å². The van der Waals surface area contributed by atoms with Crippen molar-refractivity contribution in [2.45, 2.75) is 6.42 Å².